The molecule has 1 unspecified atom stereocenters. The number of alkyl carbamates (subject to hydrolysis) is 1. The van der Waals surface area contributed by atoms with Crippen LogP contribution in [0.2, 0.25) is 0 Å². The molecule has 3 atom stereocenters. The van der Waals surface area contributed by atoms with Gasteiger partial charge in [0.15, 0.2) is 0 Å². The average molecular weight is 451 g/mol. The van der Waals surface area contributed by atoms with Gasteiger partial charge in [-0.05, 0) is 47.4 Å². The maximum Gasteiger partial charge on any atom is 0.407 e. The highest BCUT2D eigenvalue weighted by Crippen LogP contribution is 2.44. The third-order valence-electron chi connectivity index (χ3n) is 6.69. The van der Waals surface area contributed by atoms with E-state index in [1.807, 2.05) is 38.1 Å². The number of ether oxygens (including phenoxy) is 1. The quantitative estimate of drug-likeness (QED) is 0.593. The molecule has 1 fully saturated rings. The minimum Gasteiger partial charge on any atom is -0.481 e. The largest absolute Gasteiger partial charge is 0.481 e. The van der Waals surface area contributed by atoms with Gasteiger partial charge < -0.3 is 20.5 Å². The first-order valence-corrected chi connectivity index (χ1v) is 11.5. The van der Waals surface area contributed by atoms with Crippen LogP contribution in [0.3, 0.4) is 0 Å². The Morgan fingerprint density at radius 1 is 1.00 bits per heavy atom. The number of carboxylic acids is 1. The molecule has 7 nitrogen and oxygen atoms in total. The molecule has 33 heavy (non-hydrogen) atoms. The summed E-state index contributed by atoms with van der Waals surface area (Å²) in [5.41, 5.74) is 4.55. The minimum absolute atomic E-state index is 0.0547. The molecular weight excluding hydrogens is 420 g/mol. The predicted octanol–water partition coefficient (Wildman–Crippen LogP) is 3.92. The number of hydrogen-bond donors (Lipinski definition) is 3. The molecule has 2 aromatic rings. The molecule has 2 aromatic carbocycles. The summed E-state index contributed by atoms with van der Waals surface area (Å²) in [7, 11) is 0. The van der Waals surface area contributed by atoms with Crippen molar-refractivity contribution in [3.8, 4) is 11.1 Å². The summed E-state index contributed by atoms with van der Waals surface area (Å²) in [6.07, 6.45) is 0.947. The molecule has 3 N–H and O–H groups in total. The molecule has 174 valence electrons. The Hall–Kier alpha value is -3.35. The van der Waals surface area contributed by atoms with Gasteiger partial charge in [-0.25, -0.2) is 4.79 Å². The van der Waals surface area contributed by atoms with Gasteiger partial charge in [0.05, 0.1) is 5.92 Å². The van der Waals surface area contributed by atoms with E-state index in [0.717, 1.165) is 22.3 Å². The van der Waals surface area contributed by atoms with Gasteiger partial charge in [0, 0.05) is 12.0 Å². The summed E-state index contributed by atoms with van der Waals surface area (Å²) in [4.78, 5) is 36.6. The number of aliphatic carboxylic acids is 1. The van der Waals surface area contributed by atoms with Crippen LogP contribution >= 0.6 is 0 Å². The van der Waals surface area contributed by atoms with E-state index in [0.29, 0.717) is 19.3 Å². The van der Waals surface area contributed by atoms with Gasteiger partial charge in [0.2, 0.25) is 5.91 Å². The molecule has 2 aliphatic rings. The average Bonchev–Trinajstić information content (AvgIpc) is 3.39. The molecule has 2 amide bonds. The summed E-state index contributed by atoms with van der Waals surface area (Å²) in [6, 6.07) is 15.3. The van der Waals surface area contributed by atoms with Crippen molar-refractivity contribution in [1.29, 1.82) is 0 Å². The number of rotatable bonds is 7. The van der Waals surface area contributed by atoms with Crippen molar-refractivity contribution < 1.29 is 24.2 Å². The third-order valence-corrected chi connectivity index (χ3v) is 6.69. The molecule has 2 aliphatic carbocycles. The zero-order valence-electron chi connectivity index (χ0n) is 18.9. The Labute approximate surface area is 193 Å². The van der Waals surface area contributed by atoms with Crippen LogP contribution in [0.25, 0.3) is 11.1 Å². The Bertz CT molecular complexity index is 1000. The van der Waals surface area contributed by atoms with Crippen LogP contribution < -0.4 is 10.6 Å². The van der Waals surface area contributed by atoms with Crippen molar-refractivity contribution in [2.24, 2.45) is 11.8 Å². The molecule has 1 saturated carbocycles. The van der Waals surface area contributed by atoms with E-state index in [4.69, 9.17) is 9.84 Å². The van der Waals surface area contributed by atoms with E-state index < -0.39 is 24.0 Å². The maximum absolute atomic E-state index is 12.8. The second-order valence-corrected chi connectivity index (χ2v) is 9.25. The SMILES string of the molecule is CC(C)C(NC(=O)OCC1c2ccccc2-c2ccccc21)C(=O)N[C@@H]1CC[C@H](C(=O)O)C1. The van der Waals surface area contributed by atoms with Crippen LogP contribution in [0.1, 0.15) is 50.2 Å². The fourth-order valence-electron chi connectivity index (χ4n) is 4.93. The number of nitrogens with one attached hydrogen (secondary N) is 2. The van der Waals surface area contributed by atoms with Gasteiger partial charge in [-0.1, -0.05) is 62.4 Å². The lowest BCUT2D eigenvalue weighted by Gasteiger charge is -2.24. The van der Waals surface area contributed by atoms with Crippen LogP contribution in [0.4, 0.5) is 4.79 Å². The fraction of sp³-hybridized carbons (Fsp3) is 0.423. The van der Waals surface area contributed by atoms with Gasteiger partial charge >= 0.3 is 12.1 Å². The van der Waals surface area contributed by atoms with Crippen LogP contribution in [0.15, 0.2) is 48.5 Å². The number of carboxylic acid groups (broad SMARTS) is 1. The van der Waals surface area contributed by atoms with Crippen molar-refractivity contribution in [3.63, 3.8) is 0 Å². The van der Waals surface area contributed by atoms with Crippen LogP contribution in [-0.2, 0) is 14.3 Å². The number of hydrogen-bond acceptors (Lipinski definition) is 4. The Morgan fingerprint density at radius 2 is 1.61 bits per heavy atom. The van der Waals surface area contributed by atoms with Gasteiger partial charge in [-0.3, -0.25) is 9.59 Å². The predicted molar refractivity (Wildman–Crippen MR) is 124 cm³/mol. The first kappa shape index (κ1) is 22.8. The van der Waals surface area contributed by atoms with Crippen molar-refractivity contribution in [2.75, 3.05) is 6.61 Å². The number of fused-ring (bicyclic) bond motifs is 3. The smallest absolute Gasteiger partial charge is 0.407 e. The van der Waals surface area contributed by atoms with Crippen molar-refractivity contribution in [1.82, 2.24) is 10.6 Å². The topological polar surface area (TPSA) is 105 Å². The van der Waals surface area contributed by atoms with Crippen molar-refractivity contribution in [2.45, 2.75) is 51.1 Å². The van der Waals surface area contributed by atoms with Crippen LogP contribution in [0.5, 0.6) is 0 Å². The second-order valence-electron chi connectivity index (χ2n) is 9.25. The minimum atomic E-state index is -0.830. The summed E-state index contributed by atoms with van der Waals surface area (Å²) in [6.45, 7) is 3.88. The van der Waals surface area contributed by atoms with Gasteiger partial charge in [0.1, 0.15) is 12.6 Å². The second kappa shape index (κ2) is 9.65. The molecule has 0 heterocycles. The summed E-state index contributed by atoms with van der Waals surface area (Å²) in [5, 5.41) is 14.8. The van der Waals surface area contributed by atoms with E-state index in [1.54, 1.807) is 0 Å². The molecule has 7 heteroatoms. The Morgan fingerprint density at radius 3 is 2.15 bits per heavy atom. The van der Waals surface area contributed by atoms with Crippen LogP contribution in [0, 0.1) is 11.8 Å². The van der Waals surface area contributed by atoms with E-state index >= 15 is 0 Å². The highest BCUT2D eigenvalue weighted by Gasteiger charge is 2.34. The number of carbonyl (C=O) groups excluding carboxylic acids is 2. The fourth-order valence-corrected chi connectivity index (χ4v) is 4.93. The Balaban J connectivity index is 1.36. The van der Waals surface area contributed by atoms with Gasteiger partial charge in [0.25, 0.3) is 0 Å². The van der Waals surface area contributed by atoms with Crippen LogP contribution in [-0.4, -0.2) is 41.8 Å². The van der Waals surface area contributed by atoms with E-state index in [1.165, 1.54) is 0 Å². The lowest BCUT2D eigenvalue weighted by molar-refractivity contribution is -0.141. The Kier molecular flexibility index (Phi) is 6.67. The molecule has 0 aliphatic heterocycles. The molecule has 0 bridgehead atoms. The molecule has 0 aromatic heterocycles. The zero-order chi connectivity index (χ0) is 23.5. The zero-order valence-corrected chi connectivity index (χ0v) is 18.9. The van der Waals surface area contributed by atoms with E-state index in [-0.39, 0.29) is 30.4 Å². The van der Waals surface area contributed by atoms with Crippen molar-refractivity contribution in [3.05, 3.63) is 59.7 Å². The monoisotopic (exact) mass is 450 g/mol. The van der Waals surface area contributed by atoms with E-state index in [9.17, 15) is 14.4 Å². The van der Waals surface area contributed by atoms with E-state index in [2.05, 4.69) is 34.9 Å². The van der Waals surface area contributed by atoms with Crippen molar-refractivity contribution >= 4 is 18.0 Å². The number of benzene rings is 2. The summed E-state index contributed by atoms with van der Waals surface area (Å²) < 4.78 is 5.58. The maximum atomic E-state index is 12.8. The lowest BCUT2D eigenvalue weighted by atomic mass is 9.98. The number of carbonyl (C=O) groups is 3. The number of amides is 2. The third kappa shape index (κ3) is 4.87. The first-order chi connectivity index (χ1) is 15.8. The lowest BCUT2D eigenvalue weighted by Crippen LogP contribution is -2.52. The standard InChI is InChI=1S/C26H30N2O5/c1-15(2)23(24(29)27-17-12-11-16(13-17)25(30)31)28-26(32)33-14-22-20-9-5-3-7-18(20)19-8-4-6-10-21(19)22/h3-10,15-17,22-23H,11-14H2,1-2H3,(H,27,29)(H,28,32)(H,30,31)/t16-,17+,23?/m0/s1. The first-order valence-electron chi connectivity index (χ1n) is 11.5. The van der Waals surface area contributed by atoms with Gasteiger partial charge in [-0.2, -0.15) is 0 Å². The highest BCUT2D eigenvalue weighted by atomic mass is 16.5. The summed E-state index contributed by atoms with van der Waals surface area (Å²) in [5.74, 6) is -1.77. The normalized spacial score (nSPS) is 20.1. The molecular formula is C26H30N2O5. The summed E-state index contributed by atoms with van der Waals surface area (Å²) >= 11 is 0. The molecule has 0 radical (unpaired) electrons. The van der Waals surface area contributed by atoms with Gasteiger partial charge in [-0.15, -0.1) is 0 Å². The highest BCUT2D eigenvalue weighted by molar-refractivity contribution is 5.86. The molecule has 0 spiro atoms. The molecule has 0 saturated heterocycles. The molecule has 4 rings (SSSR count).